The maximum absolute atomic E-state index is 12.5. The van der Waals surface area contributed by atoms with Gasteiger partial charge in [-0.05, 0) is 55.0 Å². The van der Waals surface area contributed by atoms with Crippen molar-refractivity contribution in [3.63, 3.8) is 0 Å². The zero-order valence-electron chi connectivity index (χ0n) is 15.2. The molecule has 0 bridgehead atoms. The van der Waals surface area contributed by atoms with Gasteiger partial charge in [0.1, 0.15) is 11.3 Å². The smallest absolute Gasteiger partial charge is 0.339 e. The van der Waals surface area contributed by atoms with Crippen molar-refractivity contribution in [2.45, 2.75) is 39.2 Å². The highest BCUT2D eigenvalue weighted by atomic mass is 35.5. The van der Waals surface area contributed by atoms with Crippen molar-refractivity contribution >= 4 is 28.3 Å². The van der Waals surface area contributed by atoms with Crippen LogP contribution in [0.3, 0.4) is 0 Å². The number of nitrogens with zero attached hydrogens (tertiary/aromatic N) is 1. The largest absolute Gasteiger partial charge is 0.471 e. The van der Waals surface area contributed by atoms with E-state index in [1.165, 1.54) is 5.56 Å². The van der Waals surface area contributed by atoms with Gasteiger partial charge in [-0.25, -0.2) is 4.79 Å². The monoisotopic (exact) mass is 381 g/mol. The Morgan fingerprint density at radius 3 is 2.85 bits per heavy atom. The second kappa shape index (κ2) is 6.31. The first kappa shape index (κ1) is 16.7. The molecule has 2 aromatic carbocycles. The predicted molar refractivity (Wildman–Crippen MR) is 107 cm³/mol. The van der Waals surface area contributed by atoms with Gasteiger partial charge in [0.25, 0.3) is 0 Å². The molecule has 0 unspecified atom stereocenters. The maximum atomic E-state index is 12.5. The molecule has 27 heavy (non-hydrogen) atoms. The van der Waals surface area contributed by atoms with E-state index in [2.05, 4.69) is 36.1 Å². The molecule has 138 valence electrons. The Labute approximate surface area is 162 Å². The van der Waals surface area contributed by atoms with Crippen LogP contribution in [0.15, 0.2) is 39.5 Å². The number of halogens is 1. The summed E-state index contributed by atoms with van der Waals surface area (Å²) in [5, 5.41) is 1.54. The highest BCUT2D eigenvalue weighted by molar-refractivity contribution is 6.33. The molecular formula is C22H20ClNO3. The minimum absolute atomic E-state index is 0.218. The first-order chi connectivity index (χ1) is 13.2. The van der Waals surface area contributed by atoms with E-state index in [4.69, 9.17) is 20.8 Å². The molecule has 0 fully saturated rings. The number of fused-ring (bicyclic) bond motifs is 5. The van der Waals surface area contributed by atoms with E-state index < -0.39 is 0 Å². The topological polar surface area (TPSA) is 42.7 Å². The first-order valence-corrected chi connectivity index (χ1v) is 9.80. The predicted octanol–water partition coefficient (Wildman–Crippen LogP) is 4.85. The summed E-state index contributed by atoms with van der Waals surface area (Å²) >= 11 is 6.54. The Bertz CT molecular complexity index is 1120. The molecule has 0 atom stereocenters. The Morgan fingerprint density at radius 1 is 1.15 bits per heavy atom. The van der Waals surface area contributed by atoms with Gasteiger partial charge in [-0.2, -0.15) is 0 Å². The average Bonchev–Trinajstić information content (AvgIpc) is 3.20. The summed E-state index contributed by atoms with van der Waals surface area (Å²) in [4.78, 5) is 14.6. The van der Waals surface area contributed by atoms with Crippen LogP contribution < -0.4 is 15.3 Å². The Balaban J connectivity index is 1.67. The van der Waals surface area contributed by atoms with E-state index in [1.54, 1.807) is 0 Å². The quantitative estimate of drug-likeness (QED) is 0.595. The second-order valence-corrected chi connectivity index (χ2v) is 7.64. The van der Waals surface area contributed by atoms with Crippen LogP contribution in [0.5, 0.6) is 5.75 Å². The standard InChI is InChI=1S/C22H20ClNO3/c1-2-13-5-3-6-14(9-13)24-11-18-20-17(10-19(23)21(18)26-12-24)15-7-4-8-16(15)22(25)27-20/h3,5-6,9-10H,2,4,7-8,11-12H2,1H3. The Hall–Kier alpha value is -2.46. The SMILES string of the molecule is CCc1cccc(N2COc3c(Cl)cc4c5c(c(=O)oc4c3C2)CCC5)c1. The van der Waals surface area contributed by atoms with Crippen molar-refractivity contribution < 1.29 is 9.15 Å². The summed E-state index contributed by atoms with van der Waals surface area (Å²) in [6.07, 6.45) is 3.65. The molecular weight excluding hydrogens is 362 g/mol. The van der Waals surface area contributed by atoms with Gasteiger partial charge in [0, 0.05) is 16.6 Å². The van der Waals surface area contributed by atoms with Crippen LogP contribution in [-0.4, -0.2) is 6.73 Å². The third kappa shape index (κ3) is 2.62. The van der Waals surface area contributed by atoms with E-state index in [-0.39, 0.29) is 5.63 Å². The molecule has 1 aromatic heterocycles. The summed E-state index contributed by atoms with van der Waals surface area (Å²) in [7, 11) is 0. The summed E-state index contributed by atoms with van der Waals surface area (Å²) < 4.78 is 11.8. The molecule has 0 N–H and O–H groups in total. The molecule has 0 saturated carbocycles. The fourth-order valence-corrected chi connectivity index (χ4v) is 4.52. The Morgan fingerprint density at radius 2 is 2.00 bits per heavy atom. The number of rotatable bonds is 2. The summed E-state index contributed by atoms with van der Waals surface area (Å²) in [6, 6.07) is 10.3. The van der Waals surface area contributed by atoms with E-state index in [1.807, 2.05) is 6.07 Å². The second-order valence-electron chi connectivity index (χ2n) is 7.24. The van der Waals surface area contributed by atoms with Crippen LogP contribution in [0.25, 0.3) is 11.0 Å². The Kier molecular flexibility index (Phi) is 3.90. The lowest BCUT2D eigenvalue weighted by molar-refractivity contribution is 0.289. The van der Waals surface area contributed by atoms with Gasteiger partial charge in [-0.15, -0.1) is 0 Å². The highest BCUT2D eigenvalue weighted by Gasteiger charge is 2.28. The molecule has 0 amide bonds. The third-order valence-electron chi connectivity index (χ3n) is 5.66. The van der Waals surface area contributed by atoms with Gasteiger partial charge in [-0.1, -0.05) is 30.7 Å². The highest BCUT2D eigenvalue weighted by Crippen LogP contribution is 2.41. The molecule has 3 aromatic rings. The van der Waals surface area contributed by atoms with Crippen molar-refractivity contribution in [1.82, 2.24) is 0 Å². The number of anilines is 1. The minimum Gasteiger partial charge on any atom is -0.471 e. The molecule has 2 heterocycles. The molecule has 4 nitrogen and oxygen atoms in total. The van der Waals surface area contributed by atoms with Crippen LogP contribution >= 0.6 is 11.6 Å². The number of ether oxygens (including phenoxy) is 1. The summed E-state index contributed by atoms with van der Waals surface area (Å²) in [6.45, 7) is 3.16. The van der Waals surface area contributed by atoms with Crippen molar-refractivity contribution in [3.05, 3.63) is 68.0 Å². The van der Waals surface area contributed by atoms with Crippen molar-refractivity contribution in [1.29, 1.82) is 0 Å². The zero-order chi connectivity index (χ0) is 18.5. The van der Waals surface area contributed by atoms with Crippen LogP contribution in [0.1, 0.15) is 35.6 Å². The number of hydrogen-bond acceptors (Lipinski definition) is 4. The number of benzene rings is 2. The van der Waals surface area contributed by atoms with Gasteiger partial charge in [0.15, 0.2) is 6.73 Å². The first-order valence-electron chi connectivity index (χ1n) is 9.42. The average molecular weight is 382 g/mol. The molecule has 5 heteroatoms. The fraction of sp³-hybridized carbons (Fsp3) is 0.318. The zero-order valence-corrected chi connectivity index (χ0v) is 15.9. The summed E-state index contributed by atoms with van der Waals surface area (Å²) in [5.41, 5.74) is 5.53. The van der Waals surface area contributed by atoms with Crippen molar-refractivity contribution in [2.24, 2.45) is 0 Å². The lowest BCUT2D eigenvalue weighted by Crippen LogP contribution is -2.32. The molecule has 0 spiro atoms. The molecule has 0 saturated heterocycles. The van der Waals surface area contributed by atoms with Gasteiger partial charge >= 0.3 is 5.63 Å². The van der Waals surface area contributed by atoms with Crippen LogP contribution in [-0.2, 0) is 25.8 Å². The molecule has 5 rings (SSSR count). The molecule has 1 aliphatic carbocycles. The van der Waals surface area contributed by atoms with Gasteiger partial charge in [0.2, 0.25) is 0 Å². The van der Waals surface area contributed by atoms with Crippen LogP contribution in [0, 0.1) is 0 Å². The van der Waals surface area contributed by atoms with Gasteiger partial charge < -0.3 is 14.1 Å². The fourth-order valence-electron chi connectivity index (χ4n) is 4.25. The normalized spacial score (nSPS) is 15.6. The lowest BCUT2D eigenvalue weighted by Gasteiger charge is -2.32. The number of hydrogen-bond donors (Lipinski definition) is 0. The van der Waals surface area contributed by atoms with Crippen LogP contribution in [0.2, 0.25) is 5.02 Å². The lowest BCUT2D eigenvalue weighted by atomic mass is 10.0. The minimum atomic E-state index is -0.218. The van der Waals surface area contributed by atoms with Crippen LogP contribution in [0.4, 0.5) is 5.69 Å². The van der Waals surface area contributed by atoms with Gasteiger partial charge in [-0.3, -0.25) is 0 Å². The number of aryl methyl sites for hydroxylation is 2. The molecule has 1 aliphatic heterocycles. The summed E-state index contributed by atoms with van der Waals surface area (Å²) in [5.74, 6) is 0.633. The van der Waals surface area contributed by atoms with E-state index in [0.29, 0.717) is 29.6 Å². The molecule has 2 aliphatic rings. The van der Waals surface area contributed by atoms with E-state index in [9.17, 15) is 4.79 Å². The van der Waals surface area contributed by atoms with Crippen molar-refractivity contribution in [3.8, 4) is 5.75 Å². The van der Waals surface area contributed by atoms with Gasteiger partial charge in [0.05, 0.1) is 17.1 Å². The van der Waals surface area contributed by atoms with E-state index in [0.717, 1.165) is 53.4 Å². The van der Waals surface area contributed by atoms with E-state index >= 15 is 0 Å². The molecule has 0 radical (unpaired) electrons. The maximum Gasteiger partial charge on any atom is 0.339 e. The van der Waals surface area contributed by atoms with Crippen molar-refractivity contribution in [2.75, 3.05) is 11.6 Å². The third-order valence-corrected chi connectivity index (χ3v) is 5.94.